The van der Waals surface area contributed by atoms with Crippen molar-refractivity contribution in [3.05, 3.63) is 53.9 Å². The fraction of sp³-hybridized carbons (Fsp3) is 0.211. The van der Waals surface area contributed by atoms with Gasteiger partial charge in [0, 0.05) is 24.9 Å². The van der Waals surface area contributed by atoms with Gasteiger partial charge in [0.05, 0.1) is 24.6 Å². The van der Waals surface area contributed by atoms with Crippen molar-refractivity contribution >= 4 is 27.6 Å². The number of amides is 1. The molecule has 0 atom stereocenters. The molecule has 1 amide bonds. The molecule has 0 radical (unpaired) electrons. The number of nitrogens with one attached hydrogen (secondary N) is 2. The first kappa shape index (κ1) is 20.3. The maximum atomic E-state index is 12.9. The molecule has 1 aromatic carbocycles. The van der Waals surface area contributed by atoms with Crippen LogP contribution in [0.2, 0.25) is 0 Å². The lowest BCUT2D eigenvalue weighted by molar-refractivity contribution is 0.102. The van der Waals surface area contributed by atoms with Crippen molar-refractivity contribution in [2.45, 2.75) is 6.92 Å². The van der Waals surface area contributed by atoms with E-state index in [1.807, 2.05) is 12.1 Å². The summed E-state index contributed by atoms with van der Waals surface area (Å²) in [5.41, 5.74) is 2.28. The average Bonchev–Trinajstić information content (AvgIpc) is 2.97. The van der Waals surface area contributed by atoms with Crippen molar-refractivity contribution < 1.29 is 17.9 Å². The zero-order valence-electron chi connectivity index (χ0n) is 16.4. The molecule has 0 saturated carbocycles. The second-order valence-corrected chi connectivity index (χ2v) is 8.22. The minimum Gasteiger partial charge on any atom is -0.497 e. The third-order valence-electron chi connectivity index (χ3n) is 4.08. The first-order valence-corrected chi connectivity index (χ1v) is 10.5. The number of pyridine rings is 1. The number of methoxy groups -OCH3 is 1. The van der Waals surface area contributed by atoms with Crippen LogP contribution in [0.5, 0.6) is 5.75 Å². The van der Waals surface area contributed by atoms with Gasteiger partial charge in [0.15, 0.2) is 5.82 Å². The summed E-state index contributed by atoms with van der Waals surface area (Å²) in [5.74, 6) is 0.609. The molecule has 10 heteroatoms. The number of nitrogens with zero attached hydrogens (tertiary/aromatic N) is 3. The Kier molecular flexibility index (Phi) is 5.55. The molecular formula is C19H21N5O4S. The van der Waals surface area contributed by atoms with Gasteiger partial charge >= 0.3 is 0 Å². The SMILES string of the molecule is COc1ccc(-c2cnc(NS(C)(=O)=O)c(C(=O)Nc3cc(C)nn3C)c2)cc1. The highest BCUT2D eigenvalue weighted by Gasteiger charge is 2.18. The third-order valence-corrected chi connectivity index (χ3v) is 4.65. The van der Waals surface area contributed by atoms with Crippen LogP contribution < -0.4 is 14.8 Å². The van der Waals surface area contributed by atoms with Crippen molar-refractivity contribution in [2.24, 2.45) is 7.05 Å². The zero-order valence-corrected chi connectivity index (χ0v) is 17.2. The Bertz CT molecular complexity index is 1150. The summed E-state index contributed by atoms with van der Waals surface area (Å²) in [5, 5.41) is 6.92. The lowest BCUT2D eigenvalue weighted by Crippen LogP contribution is -2.20. The van der Waals surface area contributed by atoms with E-state index >= 15 is 0 Å². The van der Waals surface area contributed by atoms with Crippen LogP contribution in [0.25, 0.3) is 11.1 Å². The third kappa shape index (κ3) is 4.91. The van der Waals surface area contributed by atoms with Gasteiger partial charge in [-0.15, -0.1) is 0 Å². The lowest BCUT2D eigenvalue weighted by Gasteiger charge is -2.12. The highest BCUT2D eigenvalue weighted by molar-refractivity contribution is 7.92. The van der Waals surface area contributed by atoms with Crippen LogP contribution >= 0.6 is 0 Å². The lowest BCUT2D eigenvalue weighted by atomic mass is 10.0. The molecule has 0 aliphatic heterocycles. The largest absolute Gasteiger partial charge is 0.497 e. The highest BCUT2D eigenvalue weighted by atomic mass is 32.2. The van der Waals surface area contributed by atoms with Gasteiger partial charge in [-0.25, -0.2) is 13.4 Å². The number of hydrogen-bond acceptors (Lipinski definition) is 6. The molecule has 0 aliphatic rings. The van der Waals surface area contributed by atoms with Gasteiger partial charge in [-0.1, -0.05) is 12.1 Å². The van der Waals surface area contributed by atoms with Gasteiger partial charge in [0.1, 0.15) is 11.6 Å². The van der Waals surface area contributed by atoms with Crippen LogP contribution in [0.4, 0.5) is 11.6 Å². The molecule has 0 unspecified atom stereocenters. The number of aryl methyl sites for hydroxylation is 2. The Morgan fingerprint density at radius 1 is 1.14 bits per heavy atom. The van der Waals surface area contributed by atoms with Crippen LogP contribution in [0.15, 0.2) is 42.6 Å². The molecule has 0 fully saturated rings. The molecule has 0 bridgehead atoms. The fourth-order valence-electron chi connectivity index (χ4n) is 2.75. The Morgan fingerprint density at radius 3 is 2.38 bits per heavy atom. The van der Waals surface area contributed by atoms with Crippen LogP contribution in [-0.2, 0) is 17.1 Å². The second-order valence-electron chi connectivity index (χ2n) is 6.47. The van der Waals surface area contributed by atoms with Gasteiger partial charge in [0.2, 0.25) is 10.0 Å². The zero-order chi connectivity index (χ0) is 21.2. The van der Waals surface area contributed by atoms with E-state index in [1.165, 1.54) is 10.9 Å². The standard InChI is InChI=1S/C19H21N5O4S/c1-12-9-17(24(2)22-12)21-19(25)16-10-14(11-20-18(16)23-29(4,26)27)13-5-7-15(28-3)8-6-13/h5-11H,1-4H3,(H,20,23)(H,21,25). The van der Waals surface area contributed by atoms with Crippen molar-refractivity contribution in [2.75, 3.05) is 23.4 Å². The molecule has 29 heavy (non-hydrogen) atoms. The summed E-state index contributed by atoms with van der Waals surface area (Å²) in [6, 6.07) is 10.5. The molecule has 0 saturated heterocycles. The number of carbonyl (C=O) groups is 1. The van der Waals surface area contributed by atoms with Crippen LogP contribution in [0.1, 0.15) is 16.1 Å². The average molecular weight is 415 g/mol. The van der Waals surface area contributed by atoms with Crippen molar-refractivity contribution in [3.8, 4) is 16.9 Å². The summed E-state index contributed by atoms with van der Waals surface area (Å²) in [7, 11) is -0.350. The number of benzene rings is 1. The molecule has 9 nitrogen and oxygen atoms in total. The number of ether oxygens (including phenoxy) is 1. The van der Waals surface area contributed by atoms with E-state index in [0.717, 1.165) is 17.5 Å². The molecule has 0 aliphatic carbocycles. The summed E-state index contributed by atoms with van der Waals surface area (Å²) >= 11 is 0. The number of anilines is 2. The number of carbonyl (C=O) groups excluding carboxylic acids is 1. The van der Waals surface area contributed by atoms with E-state index in [-0.39, 0.29) is 11.4 Å². The van der Waals surface area contributed by atoms with E-state index in [0.29, 0.717) is 17.1 Å². The van der Waals surface area contributed by atoms with Gasteiger partial charge in [-0.05, 0) is 30.7 Å². The summed E-state index contributed by atoms with van der Waals surface area (Å²) in [6.45, 7) is 1.80. The molecule has 152 valence electrons. The summed E-state index contributed by atoms with van der Waals surface area (Å²) < 4.78 is 32.4. The monoisotopic (exact) mass is 415 g/mol. The van der Waals surface area contributed by atoms with Gasteiger partial charge < -0.3 is 10.1 Å². The van der Waals surface area contributed by atoms with E-state index in [9.17, 15) is 13.2 Å². The molecule has 2 aromatic heterocycles. The Labute approximate surface area is 168 Å². The van der Waals surface area contributed by atoms with Gasteiger partial charge in [-0.3, -0.25) is 14.2 Å². The van der Waals surface area contributed by atoms with E-state index in [4.69, 9.17) is 4.74 Å². The Balaban J connectivity index is 2.02. The minimum absolute atomic E-state index is 0.0545. The fourth-order valence-corrected chi connectivity index (χ4v) is 3.26. The van der Waals surface area contributed by atoms with Crippen molar-refractivity contribution in [1.29, 1.82) is 0 Å². The predicted octanol–water partition coefficient (Wildman–Crippen LogP) is 2.42. The van der Waals surface area contributed by atoms with E-state index in [1.54, 1.807) is 45.3 Å². The van der Waals surface area contributed by atoms with E-state index < -0.39 is 15.9 Å². The second kappa shape index (κ2) is 7.92. The first-order chi connectivity index (χ1) is 13.7. The Morgan fingerprint density at radius 2 is 1.83 bits per heavy atom. The first-order valence-electron chi connectivity index (χ1n) is 8.60. The van der Waals surface area contributed by atoms with Crippen LogP contribution in [-0.4, -0.2) is 42.5 Å². The minimum atomic E-state index is -3.62. The van der Waals surface area contributed by atoms with E-state index in [2.05, 4.69) is 20.1 Å². The summed E-state index contributed by atoms with van der Waals surface area (Å²) in [6.07, 6.45) is 2.50. The molecule has 2 heterocycles. The highest BCUT2D eigenvalue weighted by Crippen LogP contribution is 2.26. The maximum Gasteiger partial charge on any atom is 0.260 e. The van der Waals surface area contributed by atoms with Crippen LogP contribution in [0, 0.1) is 6.92 Å². The van der Waals surface area contributed by atoms with Gasteiger partial charge in [0.25, 0.3) is 5.91 Å². The number of aromatic nitrogens is 3. The molecule has 0 spiro atoms. The van der Waals surface area contributed by atoms with Crippen molar-refractivity contribution in [1.82, 2.24) is 14.8 Å². The summed E-state index contributed by atoms with van der Waals surface area (Å²) in [4.78, 5) is 17.1. The van der Waals surface area contributed by atoms with Crippen LogP contribution in [0.3, 0.4) is 0 Å². The normalized spacial score (nSPS) is 11.2. The Hall–Kier alpha value is -3.40. The van der Waals surface area contributed by atoms with Gasteiger partial charge in [-0.2, -0.15) is 5.10 Å². The number of hydrogen-bond donors (Lipinski definition) is 2. The topological polar surface area (TPSA) is 115 Å². The smallest absolute Gasteiger partial charge is 0.260 e. The number of sulfonamides is 1. The molecule has 2 N–H and O–H groups in total. The predicted molar refractivity (Wildman–Crippen MR) is 111 cm³/mol. The molecule has 3 aromatic rings. The molecular weight excluding hydrogens is 394 g/mol. The quantitative estimate of drug-likeness (QED) is 0.639. The molecule has 3 rings (SSSR count). The number of rotatable bonds is 6. The maximum absolute atomic E-state index is 12.9. The van der Waals surface area contributed by atoms with Crippen molar-refractivity contribution in [3.63, 3.8) is 0 Å².